The maximum absolute atomic E-state index is 12.9. The molecule has 0 aliphatic carbocycles. The van der Waals surface area contributed by atoms with Crippen LogP contribution in [-0.4, -0.2) is 37.2 Å². The van der Waals surface area contributed by atoms with Crippen LogP contribution in [-0.2, 0) is 28.6 Å². The van der Waals surface area contributed by atoms with Gasteiger partial charge in [-0.15, -0.1) is 0 Å². The van der Waals surface area contributed by atoms with Gasteiger partial charge in [0.2, 0.25) is 0 Å². The molecule has 6 nitrogen and oxygen atoms in total. The Morgan fingerprint density at radius 3 is 0.780 bits per heavy atom. The number of ether oxygens (including phenoxy) is 3. The average molecular weight is 1140 g/mol. The third-order valence-electron chi connectivity index (χ3n) is 15.6. The van der Waals surface area contributed by atoms with E-state index >= 15 is 0 Å². The lowest BCUT2D eigenvalue weighted by atomic mass is 10.0. The van der Waals surface area contributed by atoms with Crippen molar-refractivity contribution in [3.05, 3.63) is 85.1 Å². The van der Waals surface area contributed by atoms with Crippen molar-refractivity contribution in [1.29, 1.82) is 0 Å². The first-order valence-electron chi connectivity index (χ1n) is 35.6. The lowest BCUT2D eigenvalue weighted by molar-refractivity contribution is -0.167. The van der Waals surface area contributed by atoms with Crippen LogP contribution in [0.3, 0.4) is 0 Å². The Morgan fingerprint density at radius 2 is 0.476 bits per heavy atom. The molecule has 474 valence electrons. The second-order valence-electron chi connectivity index (χ2n) is 23.8. The topological polar surface area (TPSA) is 78.9 Å². The van der Waals surface area contributed by atoms with Gasteiger partial charge in [-0.3, -0.25) is 14.4 Å². The van der Waals surface area contributed by atoms with Gasteiger partial charge in [0.05, 0.1) is 0 Å². The molecule has 0 N–H and O–H groups in total. The maximum atomic E-state index is 12.9. The average Bonchev–Trinajstić information content (AvgIpc) is 3.48. The minimum atomic E-state index is -0.804. The van der Waals surface area contributed by atoms with Gasteiger partial charge in [-0.2, -0.15) is 0 Å². The van der Waals surface area contributed by atoms with Crippen LogP contribution >= 0.6 is 0 Å². The SMILES string of the molecule is CC/C=C\C/C=C\C/C=C\C/C=C\C/C=C\C/C=C\CCCCC(=O)OC(COC(=O)CCCCCCC/C=C\CCCCCCCCC)COC(=O)CCCCCCCCCCCCCCCCCCCCCCCCCCCCC. The Kier molecular flexibility index (Phi) is 67.2. The van der Waals surface area contributed by atoms with Crippen molar-refractivity contribution in [2.24, 2.45) is 0 Å². The number of unbranched alkanes of at least 4 members (excludes halogenated alkanes) is 40. The van der Waals surface area contributed by atoms with E-state index in [1.807, 2.05) is 0 Å². The molecule has 6 heteroatoms. The second-order valence-corrected chi connectivity index (χ2v) is 23.8. The first-order chi connectivity index (χ1) is 40.5. The van der Waals surface area contributed by atoms with Crippen LogP contribution in [0.25, 0.3) is 0 Å². The summed E-state index contributed by atoms with van der Waals surface area (Å²) < 4.78 is 16.9. The molecule has 0 bridgehead atoms. The molecule has 1 atom stereocenters. The van der Waals surface area contributed by atoms with Crippen LogP contribution in [0.5, 0.6) is 0 Å². The van der Waals surface area contributed by atoms with Gasteiger partial charge in [-0.1, -0.05) is 331 Å². The third-order valence-corrected chi connectivity index (χ3v) is 15.6. The Morgan fingerprint density at radius 1 is 0.256 bits per heavy atom. The van der Waals surface area contributed by atoms with Crippen LogP contribution in [0, 0.1) is 0 Å². The summed E-state index contributed by atoms with van der Waals surface area (Å²) in [5.74, 6) is -0.928. The number of rotatable bonds is 65. The van der Waals surface area contributed by atoms with E-state index in [1.54, 1.807) is 0 Å². The maximum Gasteiger partial charge on any atom is 0.306 e. The van der Waals surface area contributed by atoms with Crippen LogP contribution < -0.4 is 0 Å². The molecule has 0 saturated carbocycles. The van der Waals surface area contributed by atoms with Crippen molar-refractivity contribution >= 4 is 17.9 Å². The highest BCUT2D eigenvalue weighted by Crippen LogP contribution is 2.18. The number of carbonyl (C=O) groups excluding carboxylic acids is 3. The summed E-state index contributed by atoms with van der Waals surface area (Å²) in [6.07, 6.45) is 93.3. The summed E-state index contributed by atoms with van der Waals surface area (Å²) in [6.45, 7) is 6.54. The predicted octanol–water partition coefficient (Wildman–Crippen LogP) is 24.6. The van der Waals surface area contributed by atoms with Crippen LogP contribution in [0.1, 0.15) is 361 Å². The van der Waals surface area contributed by atoms with E-state index in [4.69, 9.17) is 14.2 Å². The number of hydrogen-bond acceptors (Lipinski definition) is 6. The standard InChI is InChI=1S/C76H134O6/c1-4-7-10-13-16-19-22-25-28-31-33-35-36-37-38-39-40-42-43-45-48-51-54-57-60-63-66-69-75(78)81-72-73(71-80-74(77)68-65-62-59-56-53-50-47-30-27-24-21-18-15-12-9-6-3)82-76(79)70-67-64-61-58-55-52-49-46-44-41-34-32-29-26-23-20-17-14-11-8-5-2/h8,11,17,20,26,29-30,34,41,46-47,49,55,58,73H,4-7,9-10,12-16,18-19,21-25,27-28,31-33,35-40,42-45,48,50-54,56-57,59-72H2,1-3H3/b11-8-,20-17-,29-26-,41-34-,47-30-,49-46-,58-55-. The first kappa shape index (κ1) is 78.6. The molecule has 0 aromatic rings. The first-order valence-corrected chi connectivity index (χ1v) is 35.6. The fourth-order valence-electron chi connectivity index (χ4n) is 10.3. The molecule has 0 amide bonds. The smallest absolute Gasteiger partial charge is 0.306 e. The molecule has 0 spiro atoms. The summed E-state index contributed by atoms with van der Waals surface area (Å²) in [6, 6.07) is 0. The molecule has 0 aliphatic rings. The number of hydrogen-bond donors (Lipinski definition) is 0. The third kappa shape index (κ3) is 67.4. The van der Waals surface area contributed by atoms with Crippen molar-refractivity contribution in [1.82, 2.24) is 0 Å². The zero-order valence-corrected chi connectivity index (χ0v) is 54.5. The van der Waals surface area contributed by atoms with Crippen LogP contribution in [0.15, 0.2) is 85.1 Å². The highest BCUT2D eigenvalue weighted by atomic mass is 16.6. The fourth-order valence-corrected chi connectivity index (χ4v) is 10.3. The van der Waals surface area contributed by atoms with Gasteiger partial charge in [0, 0.05) is 19.3 Å². The zero-order valence-electron chi connectivity index (χ0n) is 54.5. The largest absolute Gasteiger partial charge is 0.462 e. The summed E-state index contributed by atoms with van der Waals surface area (Å²) in [7, 11) is 0. The number of allylic oxidation sites excluding steroid dienone is 14. The van der Waals surface area contributed by atoms with Gasteiger partial charge in [0.1, 0.15) is 13.2 Å². The van der Waals surface area contributed by atoms with E-state index in [9.17, 15) is 14.4 Å². The van der Waals surface area contributed by atoms with Gasteiger partial charge >= 0.3 is 17.9 Å². The van der Waals surface area contributed by atoms with Gasteiger partial charge in [0.25, 0.3) is 0 Å². The number of carbonyl (C=O) groups is 3. The van der Waals surface area contributed by atoms with Crippen molar-refractivity contribution in [3.63, 3.8) is 0 Å². The normalized spacial score (nSPS) is 12.6. The Balaban J connectivity index is 4.35. The molecule has 0 rings (SSSR count). The van der Waals surface area contributed by atoms with E-state index < -0.39 is 6.10 Å². The monoisotopic (exact) mass is 1140 g/mol. The van der Waals surface area contributed by atoms with E-state index in [0.29, 0.717) is 19.3 Å². The summed E-state index contributed by atoms with van der Waals surface area (Å²) >= 11 is 0. The minimum Gasteiger partial charge on any atom is -0.462 e. The Labute approximate surface area is 509 Å². The van der Waals surface area contributed by atoms with Gasteiger partial charge in [0.15, 0.2) is 6.10 Å². The Hall–Kier alpha value is -3.41. The predicted molar refractivity (Wildman–Crippen MR) is 358 cm³/mol. The fraction of sp³-hybridized carbons (Fsp3) is 0.776. The molecule has 0 aliphatic heterocycles. The lowest BCUT2D eigenvalue weighted by Crippen LogP contribution is -2.30. The molecule has 0 heterocycles. The van der Waals surface area contributed by atoms with Crippen LogP contribution in [0.4, 0.5) is 0 Å². The molecule has 82 heavy (non-hydrogen) atoms. The van der Waals surface area contributed by atoms with Crippen molar-refractivity contribution in [3.8, 4) is 0 Å². The van der Waals surface area contributed by atoms with Crippen LogP contribution in [0.2, 0.25) is 0 Å². The number of esters is 3. The van der Waals surface area contributed by atoms with Crippen molar-refractivity contribution in [2.45, 2.75) is 367 Å². The quantitative estimate of drug-likeness (QED) is 0.0261. The molecule has 0 fully saturated rings. The van der Waals surface area contributed by atoms with Gasteiger partial charge < -0.3 is 14.2 Å². The van der Waals surface area contributed by atoms with E-state index in [0.717, 1.165) is 96.3 Å². The van der Waals surface area contributed by atoms with E-state index in [2.05, 4.69) is 106 Å². The highest BCUT2D eigenvalue weighted by molar-refractivity contribution is 5.71. The molecular weight excluding hydrogens is 1010 g/mol. The van der Waals surface area contributed by atoms with Gasteiger partial charge in [-0.25, -0.2) is 0 Å². The van der Waals surface area contributed by atoms with Crippen molar-refractivity contribution in [2.75, 3.05) is 13.2 Å². The van der Waals surface area contributed by atoms with E-state index in [-0.39, 0.29) is 37.5 Å². The van der Waals surface area contributed by atoms with Gasteiger partial charge in [-0.05, 0) is 96.3 Å². The molecule has 1 unspecified atom stereocenters. The summed E-state index contributed by atoms with van der Waals surface area (Å²) in [5, 5.41) is 0. The highest BCUT2D eigenvalue weighted by Gasteiger charge is 2.19. The van der Waals surface area contributed by atoms with Crippen molar-refractivity contribution < 1.29 is 28.6 Å². The molecule has 0 saturated heterocycles. The zero-order chi connectivity index (χ0) is 59.2. The molecule has 0 aromatic carbocycles. The lowest BCUT2D eigenvalue weighted by Gasteiger charge is -2.18. The Bertz CT molecular complexity index is 1550. The summed E-state index contributed by atoms with van der Waals surface area (Å²) in [4.78, 5) is 38.4. The minimum absolute atomic E-state index is 0.0939. The van der Waals surface area contributed by atoms with E-state index in [1.165, 1.54) is 218 Å². The molecule has 0 aromatic heterocycles. The summed E-state index contributed by atoms with van der Waals surface area (Å²) in [5.41, 5.74) is 0. The molecular formula is C76H134O6. The molecule has 0 radical (unpaired) electrons. The second kappa shape index (κ2) is 70.1.